The largest absolute Gasteiger partial charge is 0.388 e. The van der Waals surface area contributed by atoms with Gasteiger partial charge in [0.25, 0.3) is 0 Å². The number of benzene rings is 1. The SMILES string of the molecule is O=C(NCC1(O)CCC1)C1CC1c1ccccc1. The second-order valence-corrected chi connectivity index (χ2v) is 5.66. The van der Waals surface area contributed by atoms with Gasteiger partial charge in [0.1, 0.15) is 0 Å². The Morgan fingerprint density at radius 2 is 2.06 bits per heavy atom. The molecule has 2 saturated carbocycles. The zero-order valence-corrected chi connectivity index (χ0v) is 10.4. The first-order chi connectivity index (χ1) is 8.68. The average Bonchev–Trinajstić information content (AvgIpc) is 3.15. The van der Waals surface area contributed by atoms with E-state index in [1.54, 1.807) is 0 Å². The van der Waals surface area contributed by atoms with Crippen molar-refractivity contribution >= 4 is 5.91 Å². The van der Waals surface area contributed by atoms with Gasteiger partial charge in [0.05, 0.1) is 5.60 Å². The second-order valence-electron chi connectivity index (χ2n) is 5.66. The molecule has 18 heavy (non-hydrogen) atoms. The molecule has 3 rings (SSSR count). The molecule has 1 aromatic rings. The number of carbonyl (C=O) groups excluding carboxylic acids is 1. The number of aliphatic hydroxyl groups is 1. The topological polar surface area (TPSA) is 49.3 Å². The Kier molecular flexibility index (Phi) is 2.86. The van der Waals surface area contributed by atoms with Crippen LogP contribution >= 0.6 is 0 Å². The van der Waals surface area contributed by atoms with Crippen LogP contribution in [-0.2, 0) is 4.79 Å². The first kappa shape index (κ1) is 11.7. The van der Waals surface area contributed by atoms with E-state index in [1.807, 2.05) is 18.2 Å². The Morgan fingerprint density at radius 3 is 2.67 bits per heavy atom. The van der Waals surface area contributed by atoms with Crippen molar-refractivity contribution in [1.82, 2.24) is 5.32 Å². The van der Waals surface area contributed by atoms with E-state index in [9.17, 15) is 9.90 Å². The molecule has 2 atom stereocenters. The van der Waals surface area contributed by atoms with Crippen molar-refractivity contribution in [2.24, 2.45) is 5.92 Å². The van der Waals surface area contributed by atoms with Gasteiger partial charge in [-0.05, 0) is 37.2 Å². The highest BCUT2D eigenvalue weighted by molar-refractivity contribution is 5.82. The van der Waals surface area contributed by atoms with Crippen LogP contribution in [0.3, 0.4) is 0 Å². The quantitative estimate of drug-likeness (QED) is 0.850. The van der Waals surface area contributed by atoms with Gasteiger partial charge < -0.3 is 10.4 Å². The average molecular weight is 245 g/mol. The van der Waals surface area contributed by atoms with E-state index in [-0.39, 0.29) is 11.8 Å². The Balaban J connectivity index is 1.50. The fourth-order valence-corrected chi connectivity index (χ4v) is 2.70. The van der Waals surface area contributed by atoms with Crippen molar-refractivity contribution in [3.8, 4) is 0 Å². The van der Waals surface area contributed by atoms with Gasteiger partial charge in [-0.15, -0.1) is 0 Å². The van der Waals surface area contributed by atoms with Gasteiger partial charge in [-0.25, -0.2) is 0 Å². The lowest BCUT2D eigenvalue weighted by Gasteiger charge is -2.36. The molecule has 0 aromatic heterocycles. The highest BCUT2D eigenvalue weighted by atomic mass is 16.3. The maximum Gasteiger partial charge on any atom is 0.223 e. The fraction of sp³-hybridized carbons (Fsp3) is 0.533. The van der Waals surface area contributed by atoms with Gasteiger partial charge in [0.2, 0.25) is 5.91 Å². The van der Waals surface area contributed by atoms with E-state index in [2.05, 4.69) is 17.4 Å². The lowest BCUT2D eigenvalue weighted by molar-refractivity contribution is -0.124. The van der Waals surface area contributed by atoms with E-state index in [4.69, 9.17) is 0 Å². The third kappa shape index (κ3) is 2.27. The number of amides is 1. The van der Waals surface area contributed by atoms with E-state index >= 15 is 0 Å². The first-order valence-corrected chi connectivity index (χ1v) is 6.73. The first-order valence-electron chi connectivity index (χ1n) is 6.73. The van der Waals surface area contributed by atoms with Gasteiger partial charge in [-0.3, -0.25) is 4.79 Å². The number of rotatable bonds is 4. The van der Waals surface area contributed by atoms with Gasteiger partial charge in [-0.1, -0.05) is 30.3 Å². The summed E-state index contributed by atoms with van der Waals surface area (Å²) in [6.07, 6.45) is 3.65. The van der Waals surface area contributed by atoms with Crippen molar-refractivity contribution in [3.05, 3.63) is 35.9 Å². The molecule has 3 nitrogen and oxygen atoms in total. The van der Waals surface area contributed by atoms with Gasteiger partial charge in [0, 0.05) is 12.5 Å². The summed E-state index contributed by atoms with van der Waals surface area (Å²) >= 11 is 0. The summed E-state index contributed by atoms with van der Waals surface area (Å²) in [4.78, 5) is 12.0. The summed E-state index contributed by atoms with van der Waals surface area (Å²) in [5, 5.41) is 12.8. The predicted octanol–water partition coefficient (Wildman–Crippen LogP) is 1.82. The molecule has 96 valence electrons. The van der Waals surface area contributed by atoms with Crippen LogP contribution in [0.4, 0.5) is 0 Å². The standard InChI is InChI=1S/C15H19NO2/c17-14(16-10-15(18)7-4-8-15)13-9-12(13)11-5-2-1-3-6-11/h1-3,5-6,12-13,18H,4,7-10H2,(H,16,17). The Bertz CT molecular complexity index is 439. The molecular formula is C15H19NO2. The maximum absolute atomic E-state index is 12.0. The van der Waals surface area contributed by atoms with E-state index < -0.39 is 5.60 Å². The van der Waals surface area contributed by atoms with Gasteiger partial charge in [0.15, 0.2) is 0 Å². The van der Waals surface area contributed by atoms with E-state index in [1.165, 1.54) is 5.56 Å². The van der Waals surface area contributed by atoms with Crippen molar-refractivity contribution in [2.45, 2.75) is 37.2 Å². The Morgan fingerprint density at radius 1 is 1.33 bits per heavy atom. The summed E-state index contributed by atoms with van der Waals surface area (Å²) in [5.74, 6) is 0.586. The van der Waals surface area contributed by atoms with Crippen LogP contribution in [0.2, 0.25) is 0 Å². The van der Waals surface area contributed by atoms with Crippen LogP contribution in [0.15, 0.2) is 30.3 Å². The number of hydrogen-bond acceptors (Lipinski definition) is 2. The van der Waals surface area contributed by atoms with Crippen LogP contribution in [0, 0.1) is 5.92 Å². The molecule has 3 heteroatoms. The van der Waals surface area contributed by atoms with E-state index in [0.717, 1.165) is 25.7 Å². The van der Waals surface area contributed by atoms with Crippen LogP contribution in [0.5, 0.6) is 0 Å². The molecule has 0 radical (unpaired) electrons. The van der Waals surface area contributed by atoms with Gasteiger partial charge in [-0.2, -0.15) is 0 Å². The molecule has 1 amide bonds. The molecule has 2 aliphatic carbocycles. The van der Waals surface area contributed by atoms with Crippen molar-refractivity contribution < 1.29 is 9.90 Å². The molecule has 2 fully saturated rings. The fourth-order valence-electron chi connectivity index (χ4n) is 2.70. The molecular weight excluding hydrogens is 226 g/mol. The van der Waals surface area contributed by atoms with Crippen molar-refractivity contribution in [1.29, 1.82) is 0 Å². The molecule has 0 spiro atoms. The molecule has 0 saturated heterocycles. The Hall–Kier alpha value is -1.35. The molecule has 0 heterocycles. The molecule has 2 N–H and O–H groups in total. The van der Waals surface area contributed by atoms with Crippen LogP contribution in [0.1, 0.15) is 37.2 Å². The zero-order valence-electron chi connectivity index (χ0n) is 10.4. The highest BCUT2D eigenvalue weighted by Crippen LogP contribution is 2.47. The molecule has 1 aromatic carbocycles. The second kappa shape index (κ2) is 4.39. The van der Waals surface area contributed by atoms with Crippen LogP contribution in [0.25, 0.3) is 0 Å². The Labute approximate surface area is 107 Å². The molecule has 2 aliphatic rings. The molecule has 0 aliphatic heterocycles. The number of carbonyl (C=O) groups is 1. The predicted molar refractivity (Wildman–Crippen MR) is 69.1 cm³/mol. The highest BCUT2D eigenvalue weighted by Gasteiger charge is 2.44. The monoisotopic (exact) mass is 245 g/mol. The minimum Gasteiger partial charge on any atom is -0.388 e. The minimum absolute atomic E-state index is 0.101. The van der Waals surface area contributed by atoms with Crippen molar-refractivity contribution in [3.63, 3.8) is 0 Å². The normalized spacial score (nSPS) is 28.3. The van der Waals surface area contributed by atoms with Crippen LogP contribution in [-0.4, -0.2) is 23.2 Å². The summed E-state index contributed by atoms with van der Waals surface area (Å²) in [5.41, 5.74) is 0.632. The van der Waals surface area contributed by atoms with Gasteiger partial charge >= 0.3 is 0 Å². The summed E-state index contributed by atoms with van der Waals surface area (Å²) in [6, 6.07) is 10.2. The summed E-state index contributed by atoms with van der Waals surface area (Å²) in [6.45, 7) is 0.420. The summed E-state index contributed by atoms with van der Waals surface area (Å²) < 4.78 is 0. The smallest absolute Gasteiger partial charge is 0.223 e. The molecule has 0 bridgehead atoms. The number of hydrogen-bond donors (Lipinski definition) is 2. The lowest BCUT2D eigenvalue weighted by atomic mass is 9.80. The third-order valence-corrected chi connectivity index (χ3v) is 4.23. The minimum atomic E-state index is -0.618. The zero-order chi connectivity index (χ0) is 12.6. The lowest BCUT2D eigenvalue weighted by Crippen LogP contribution is -2.48. The maximum atomic E-state index is 12.0. The van der Waals surface area contributed by atoms with E-state index in [0.29, 0.717) is 12.5 Å². The molecule has 2 unspecified atom stereocenters. The van der Waals surface area contributed by atoms with Crippen molar-refractivity contribution in [2.75, 3.05) is 6.54 Å². The van der Waals surface area contributed by atoms with Crippen LogP contribution < -0.4 is 5.32 Å². The number of nitrogens with one attached hydrogen (secondary N) is 1. The summed E-state index contributed by atoms with van der Waals surface area (Å²) in [7, 11) is 0. The third-order valence-electron chi connectivity index (χ3n) is 4.23.